The maximum Gasteiger partial charge on any atom is 0.277 e. The summed E-state index contributed by atoms with van der Waals surface area (Å²) in [4.78, 5) is 22.7. The van der Waals surface area contributed by atoms with E-state index < -0.39 is 10.0 Å². The van der Waals surface area contributed by atoms with Crippen LogP contribution in [-0.2, 0) is 28.2 Å². The third kappa shape index (κ3) is 3.73. The average molecular weight is 473 g/mol. The van der Waals surface area contributed by atoms with Crippen molar-refractivity contribution < 1.29 is 13.2 Å². The fourth-order valence-electron chi connectivity index (χ4n) is 4.62. The highest BCUT2D eigenvalue weighted by atomic mass is 32.2. The normalized spacial score (nSPS) is 20.1. The van der Waals surface area contributed by atoms with E-state index in [1.807, 2.05) is 7.05 Å². The van der Waals surface area contributed by atoms with Gasteiger partial charge in [0.15, 0.2) is 5.52 Å². The lowest BCUT2D eigenvalue weighted by Gasteiger charge is -2.32. The summed E-state index contributed by atoms with van der Waals surface area (Å²) in [5.41, 5.74) is 3.19. The van der Waals surface area contributed by atoms with Crippen molar-refractivity contribution in [1.82, 2.24) is 29.0 Å². The summed E-state index contributed by atoms with van der Waals surface area (Å²) < 4.78 is 35.2. The maximum absolute atomic E-state index is 13.1. The molecule has 2 aliphatic heterocycles. The summed E-state index contributed by atoms with van der Waals surface area (Å²) in [7, 11) is 0.114. The molecule has 0 spiro atoms. The van der Waals surface area contributed by atoms with Crippen molar-refractivity contribution in [3.8, 4) is 0 Å². The number of sulfonamides is 1. The van der Waals surface area contributed by atoms with Gasteiger partial charge < -0.3 is 14.6 Å². The van der Waals surface area contributed by atoms with E-state index in [1.165, 1.54) is 10.6 Å². The summed E-state index contributed by atoms with van der Waals surface area (Å²) in [6.07, 6.45) is 5.86. The molecule has 1 saturated heterocycles. The summed E-state index contributed by atoms with van der Waals surface area (Å²) >= 11 is 0. The zero-order valence-corrected chi connectivity index (χ0v) is 19.9. The molecule has 4 heterocycles. The van der Waals surface area contributed by atoms with Crippen LogP contribution in [0.1, 0.15) is 37.7 Å². The van der Waals surface area contributed by atoms with E-state index in [0.29, 0.717) is 61.6 Å². The molecule has 2 aromatic rings. The van der Waals surface area contributed by atoms with Crippen LogP contribution in [0.5, 0.6) is 0 Å². The van der Waals surface area contributed by atoms with E-state index in [4.69, 9.17) is 9.72 Å². The lowest BCUT2D eigenvalue weighted by atomic mass is 10.2. The van der Waals surface area contributed by atoms with E-state index in [-0.39, 0.29) is 10.5 Å². The molecule has 0 unspecified atom stereocenters. The molecule has 5 rings (SSSR count). The molecule has 1 fully saturated rings. The van der Waals surface area contributed by atoms with Gasteiger partial charge in [-0.25, -0.2) is 13.4 Å². The van der Waals surface area contributed by atoms with Crippen molar-refractivity contribution in [2.45, 2.75) is 32.6 Å². The molecular formula is C22H28N6O4S. The summed E-state index contributed by atoms with van der Waals surface area (Å²) in [5.74, 6) is 1.03. The number of hydrogen-bond donors (Lipinski definition) is 1. The van der Waals surface area contributed by atoms with Gasteiger partial charge in [0, 0.05) is 38.8 Å². The Bertz CT molecular complexity index is 1370. The van der Waals surface area contributed by atoms with Gasteiger partial charge in [-0.15, -0.1) is 0 Å². The Labute approximate surface area is 192 Å². The molecule has 0 saturated carbocycles. The Kier molecular flexibility index (Phi) is 5.50. The summed E-state index contributed by atoms with van der Waals surface area (Å²) in [6.45, 7) is 4.39. The molecule has 10 nitrogen and oxygen atoms in total. The van der Waals surface area contributed by atoms with Crippen LogP contribution >= 0.6 is 0 Å². The lowest BCUT2D eigenvalue weighted by Crippen LogP contribution is -2.47. The van der Waals surface area contributed by atoms with Crippen LogP contribution in [-0.4, -0.2) is 70.6 Å². The number of likely N-dealkylation sites (N-methyl/N-ethyl adjacent to an activating group) is 1. The molecule has 1 aliphatic carbocycles. The largest absolute Gasteiger partial charge is 0.463 e. The number of nitrogens with one attached hydrogen (secondary N) is 1. The van der Waals surface area contributed by atoms with Crippen molar-refractivity contribution in [3.05, 3.63) is 50.4 Å². The minimum atomic E-state index is -3.61. The quantitative estimate of drug-likeness (QED) is 0.701. The number of nitrogens with zero attached hydrogens (tertiary/aromatic N) is 5. The second-order valence-corrected chi connectivity index (χ2v) is 10.7. The standard InChI is InChI=1S/C22H28N6O4S/c1-4-5-17-18-19(27(3)25-17)22(29)24-21(23-18)16-7-6-14-12-15(13-32-20(14)16)33(30,31)28-10-8-26(2)9-11-28/h12-13H,4-11H2,1-3H3,(H,23,24,29). The third-order valence-corrected chi connectivity index (χ3v) is 8.31. The number of allylic oxidation sites excluding steroid dienone is 3. The van der Waals surface area contributed by atoms with Gasteiger partial charge in [-0.1, -0.05) is 13.3 Å². The van der Waals surface area contributed by atoms with Crippen LogP contribution in [0, 0.1) is 0 Å². The highest BCUT2D eigenvalue weighted by Crippen LogP contribution is 2.41. The first-order valence-electron chi connectivity index (χ1n) is 11.3. The Hall–Kier alpha value is -2.76. The number of hydrogen-bond acceptors (Lipinski definition) is 7. The van der Waals surface area contributed by atoms with Gasteiger partial charge in [-0.3, -0.25) is 9.48 Å². The molecule has 176 valence electrons. The van der Waals surface area contributed by atoms with Crippen molar-refractivity contribution in [2.24, 2.45) is 7.05 Å². The van der Waals surface area contributed by atoms with Crippen LogP contribution in [0.25, 0.3) is 16.6 Å². The first kappa shape index (κ1) is 22.1. The number of fused-ring (bicyclic) bond motifs is 2. The number of aromatic amines is 1. The molecular weight excluding hydrogens is 444 g/mol. The molecule has 0 radical (unpaired) electrons. The molecule has 1 N–H and O–H groups in total. The second kappa shape index (κ2) is 8.23. The van der Waals surface area contributed by atoms with E-state index in [2.05, 4.69) is 21.9 Å². The molecule has 0 aromatic carbocycles. The Morgan fingerprint density at radius 1 is 1.15 bits per heavy atom. The highest BCUT2D eigenvalue weighted by molar-refractivity contribution is 7.93. The zero-order chi connectivity index (χ0) is 23.3. The first-order chi connectivity index (χ1) is 15.8. The highest BCUT2D eigenvalue weighted by Gasteiger charge is 2.34. The number of aryl methyl sites for hydroxylation is 2. The summed E-state index contributed by atoms with van der Waals surface area (Å²) in [5, 5.41) is 4.47. The van der Waals surface area contributed by atoms with Crippen LogP contribution in [0.4, 0.5) is 0 Å². The Morgan fingerprint density at radius 2 is 1.91 bits per heavy atom. The molecule has 0 amide bonds. The molecule has 33 heavy (non-hydrogen) atoms. The third-order valence-electron chi connectivity index (χ3n) is 6.45. The lowest BCUT2D eigenvalue weighted by molar-refractivity contribution is 0.223. The van der Waals surface area contributed by atoms with Crippen LogP contribution in [0.2, 0.25) is 0 Å². The van der Waals surface area contributed by atoms with Crippen LogP contribution in [0.15, 0.2) is 33.4 Å². The number of rotatable bonds is 5. The molecule has 11 heteroatoms. The molecule has 2 aromatic heterocycles. The number of H-pyrrole nitrogens is 1. The van der Waals surface area contributed by atoms with Crippen molar-refractivity contribution in [2.75, 3.05) is 33.2 Å². The smallest absolute Gasteiger partial charge is 0.277 e. The van der Waals surface area contributed by atoms with Crippen LogP contribution in [0.3, 0.4) is 0 Å². The molecule has 0 bridgehead atoms. The second-order valence-electron chi connectivity index (χ2n) is 8.75. The van der Waals surface area contributed by atoms with Gasteiger partial charge in [0.1, 0.15) is 28.3 Å². The monoisotopic (exact) mass is 472 g/mol. The van der Waals surface area contributed by atoms with E-state index in [1.54, 1.807) is 17.8 Å². The van der Waals surface area contributed by atoms with Gasteiger partial charge in [0.05, 0.1) is 5.69 Å². The van der Waals surface area contributed by atoms with E-state index >= 15 is 0 Å². The Balaban J connectivity index is 1.49. The number of aromatic nitrogens is 4. The average Bonchev–Trinajstić information content (AvgIpc) is 3.35. The van der Waals surface area contributed by atoms with Gasteiger partial charge in [-0.05, 0) is 38.0 Å². The minimum Gasteiger partial charge on any atom is -0.463 e. The predicted molar refractivity (Wildman–Crippen MR) is 125 cm³/mol. The summed E-state index contributed by atoms with van der Waals surface area (Å²) in [6, 6.07) is 0. The number of piperazine rings is 1. The predicted octanol–water partition coefficient (Wildman–Crippen LogP) is 1.49. The SMILES string of the molecule is CCCc1nn(C)c2c(=O)[nH]c(C3=C4OC=C(S(=O)(=O)N5CCN(C)CC5)C=C4CC3)nc12. The Morgan fingerprint density at radius 3 is 2.64 bits per heavy atom. The minimum absolute atomic E-state index is 0.168. The number of ether oxygens (including phenoxy) is 1. The van der Waals surface area contributed by atoms with Gasteiger partial charge in [0.2, 0.25) is 10.0 Å². The molecule has 0 atom stereocenters. The zero-order valence-electron chi connectivity index (χ0n) is 19.1. The van der Waals surface area contributed by atoms with Crippen molar-refractivity contribution >= 4 is 26.6 Å². The van der Waals surface area contributed by atoms with Crippen molar-refractivity contribution in [1.29, 1.82) is 0 Å². The van der Waals surface area contributed by atoms with E-state index in [9.17, 15) is 13.2 Å². The fourth-order valence-corrected chi connectivity index (χ4v) is 6.02. The maximum atomic E-state index is 13.1. The topological polar surface area (TPSA) is 113 Å². The van der Waals surface area contributed by atoms with Gasteiger partial charge in [0.25, 0.3) is 5.56 Å². The van der Waals surface area contributed by atoms with Crippen LogP contribution < -0.4 is 5.56 Å². The van der Waals surface area contributed by atoms with E-state index in [0.717, 1.165) is 29.7 Å². The first-order valence-corrected chi connectivity index (χ1v) is 12.7. The fraction of sp³-hybridized carbons (Fsp3) is 0.500. The molecule has 3 aliphatic rings. The van der Waals surface area contributed by atoms with Gasteiger partial charge in [-0.2, -0.15) is 9.40 Å². The van der Waals surface area contributed by atoms with Crippen molar-refractivity contribution in [3.63, 3.8) is 0 Å². The van der Waals surface area contributed by atoms with Gasteiger partial charge >= 0.3 is 0 Å².